The average Bonchev–Trinajstić information content (AvgIpc) is 3.50. The number of carbonyl (C=O) groups is 1. The van der Waals surface area contributed by atoms with Crippen LogP contribution in [0, 0.1) is 0 Å². The molecule has 1 amide bonds. The predicted molar refractivity (Wildman–Crippen MR) is 118 cm³/mol. The second-order valence-corrected chi connectivity index (χ2v) is 7.62. The fourth-order valence-corrected chi connectivity index (χ4v) is 3.42. The Morgan fingerprint density at radius 2 is 1.80 bits per heavy atom. The van der Waals surface area contributed by atoms with Gasteiger partial charge in [0, 0.05) is 22.9 Å². The van der Waals surface area contributed by atoms with Gasteiger partial charge in [0.1, 0.15) is 0 Å². The third kappa shape index (κ3) is 3.76. The van der Waals surface area contributed by atoms with Crippen LogP contribution in [0.5, 0.6) is 0 Å². The van der Waals surface area contributed by atoms with Crippen LogP contribution in [0.4, 0.5) is 11.6 Å². The summed E-state index contributed by atoms with van der Waals surface area (Å²) in [7, 11) is 0. The van der Waals surface area contributed by atoms with Crippen molar-refractivity contribution in [3.8, 4) is 11.3 Å². The number of benzene rings is 2. The van der Waals surface area contributed by atoms with Crippen LogP contribution in [0.25, 0.3) is 16.9 Å². The smallest absolute Gasteiger partial charge is 0.251 e. The number of aryl methyl sites for hydroxylation is 1. The molecule has 4 aromatic rings. The summed E-state index contributed by atoms with van der Waals surface area (Å²) < 4.78 is 1.85. The van der Waals surface area contributed by atoms with Crippen LogP contribution in [0.1, 0.15) is 35.7 Å². The number of carbonyl (C=O) groups excluding carboxylic acids is 1. The van der Waals surface area contributed by atoms with Crippen molar-refractivity contribution in [2.45, 2.75) is 32.2 Å². The third-order valence-electron chi connectivity index (χ3n) is 5.33. The van der Waals surface area contributed by atoms with Crippen LogP contribution in [0.3, 0.4) is 0 Å². The highest BCUT2D eigenvalue weighted by Gasteiger charge is 2.23. The molecule has 0 saturated heterocycles. The molecule has 2 aromatic carbocycles. The molecule has 6 heteroatoms. The molecule has 6 nitrogen and oxygen atoms in total. The lowest BCUT2D eigenvalue weighted by Crippen LogP contribution is -2.25. The molecule has 2 heterocycles. The molecular formula is C24H23N5O. The molecule has 0 unspecified atom stereocenters. The van der Waals surface area contributed by atoms with Gasteiger partial charge in [0.15, 0.2) is 5.65 Å². The van der Waals surface area contributed by atoms with E-state index >= 15 is 0 Å². The van der Waals surface area contributed by atoms with Crippen molar-refractivity contribution >= 4 is 23.2 Å². The lowest BCUT2D eigenvalue weighted by atomic mass is 10.1. The number of hydrogen-bond acceptors (Lipinski definition) is 4. The van der Waals surface area contributed by atoms with Gasteiger partial charge in [-0.1, -0.05) is 37.3 Å². The highest BCUT2D eigenvalue weighted by atomic mass is 16.1. The number of pyridine rings is 1. The molecule has 150 valence electrons. The van der Waals surface area contributed by atoms with Crippen LogP contribution < -0.4 is 10.6 Å². The second-order valence-electron chi connectivity index (χ2n) is 7.62. The Labute approximate surface area is 175 Å². The molecular weight excluding hydrogens is 374 g/mol. The molecule has 0 bridgehead atoms. The van der Waals surface area contributed by atoms with Gasteiger partial charge in [-0.15, -0.1) is 5.10 Å². The van der Waals surface area contributed by atoms with Crippen molar-refractivity contribution in [3.63, 3.8) is 0 Å². The lowest BCUT2D eigenvalue weighted by Gasteiger charge is -2.06. The first kappa shape index (κ1) is 18.4. The van der Waals surface area contributed by atoms with E-state index in [0.29, 0.717) is 17.6 Å². The molecule has 1 aliphatic rings. The Hall–Kier alpha value is -3.67. The topological polar surface area (TPSA) is 71.3 Å². The number of amides is 1. The van der Waals surface area contributed by atoms with Crippen molar-refractivity contribution < 1.29 is 4.79 Å². The van der Waals surface area contributed by atoms with Gasteiger partial charge in [0.05, 0.1) is 5.69 Å². The number of fused-ring (bicyclic) bond motifs is 1. The highest BCUT2D eigenvalue weighted by Crippen LogP contribution is 2.23. The molecule has 1 fully saturated rings. The van der Waals surface area contributed by atoms with E-state index in [4.69, 9.17) is 0 Å². The van der Waals surface area contributed by atoms with Crippen molar-refractivity contribution in [1.29, 1.82) is 0 Å². The Balaban J connectivity index is 1.38. The molecule has 30 heavy (non-hydrogen) atoms. The zero-order valence-electron chi connectivity index (χ0n) is 16.8. The van der Waals surface area contributed by atoms with E-state index in [0.717, 1.165) is 41.9 Å². The van der Waals surface area contributed by atoms with E-state index in [-0.39, 0.29) is 5.91 Å². The van der Waals surface area contributed by atoms with E-state index in [1.54, 1.807) is 0 Å². The van der Waals surface area contributed by atoms with Crippen LogP contribution in [0.2, 0.25) is 0 Å². The van der Waals surface area contributed by atoms with Crippen LogP contribution in [-0.4, -0.2) is 26.5 Å². The van der Waals surface area contributed by atoms with Gasteiger partial charge in [0.2, 0.25) is 5.95 Å². The summed E-state index contributed by atoms with van der Waals surface area (Å²) >= 11 is 0. The van der Waals surface area contributed by atoms with E-state index in [2.05, 4.69) is 51.9 Å². The molecule has 0 atom stereocenters. The molecule has 2 N–H and O–H groups in total. The molecule has 2 aromatic heterocycles. The SMILES string of the molecule is CCc1ccc(-c2cccc3nc(Nc4ccc(C(=O)NC5CC5)cc4)nn23)cc1. The van der Waals surface area contributed by atoms with Crippen molar-refractivity contribution in [1.82, 2.24) is 19.9 Å². The van der Waals surface area contributed by atoms with Gasteiger partial charge in [-0.05, 0) is 61.2 Å². The quantitative estimate of drug-likeness (QED) is 0.499. The van der Waals surface area contributed by atoms with Crippen LogP contribution in [-0.2, 0) is 6.42 Å². The molecule has 1 saturated carbocycles. The Morgan fingerprint density at radius 1 is 1.03 bits per heavy atom. The summed E-state index contributed by atoms with van der Waals surface area (Å²) in [6.45, 7) is 2.15. The summed E-state index contributed by atoms with van der Waals surface area (Å²) in [5.74, 6) is 0.497. The molecule has 0 aliphatic heterocycles. The zero-order chi connectivity index (χ0) is 20.5. The highest BCUT2D eigenvalue weighted by molar-refractivity contribution is 5.95. The second kappa shape index (κ2) is 7.63. The molecule has 5 rings (SSSR count). The minimum atomic E-state index is -0.0198. The summed E-state index contributed by atoms with van der Waals surface area (Å²) in [5.41, 5.74) is 5.66. The van der Waals surface area contributed by atoms with Gasteiger partial charge in [-0.2, -0.15) is 4.98 Å². The maximum Gasteiger partial charge on any atom is 0.251 e. The number of nitrogens with one attached hydrogen (secondary N) is 2. The van der Waals surface area contributed by atoms with Crippen molar-refractivity contribution in [3.05, 3.63) is 77.9 Å². The first-order chi connectivity index (χ1) is 14.7. The molecule has 1 aliphatic carbocycles. The number of hydrogen-bond donors (Lipinski definition) is 2. The van der Waals surface area contributed by atoms with E-state index in [1.165, 1.54) is 5.56 Å². The van der Waals surface area contributed by atoms with Crippen molar-refractivity contribution in [2.75, 3.05) is 5.32 Å². The van der Waals surface area contributed by atoms with Gasteiger partial charge >= 0.3 is 0 Å². The van der Waals surface area contributed by atoms with Gasteiger partial charge < -0.3 is 10.6 Å². The minimum Gasteiger partial charge on any atom is -0.349 e. The zero-order valence-corrected chi connectivity index (χ0v) is 16.8. The number of anilines is 2. The fourth-order valence-electron chi connectivity index (χ4n) is 3.42. The van der Waals surface area contributed by atoms with E-state index < -0.39 is 0 Å². The minimum absolute atomic E-state index is 0.0198. The molecule has 0 radical (unpaired) electrons. The van der Waals surface area contributed by atoms with Gasteiger partial charge in [-0.25, -0.2) is 4.52 Å². The van der Waals surface area contributed by atoms with E-state index in [9.17, 15) is 4.79 Å². The number of rotatable bonds is 6. The fraction of sp³-hybridized carbons (Fsp3) is 0.208. The monoisotopic (exact) mass is 397 g/mol. The maximum atomic E-state index is 12.1. The van der Waals surface area contributed by atoms with E-state index in [1.807, 2.05) is 47.0 Å². The predicted octanol–water partition coefficient (Wildman–Crippen LogP) is 4.59. The standard InChI is InChI=1S/C24H23N5O/c1-2-16-6-8-17(9-7-16)21-4-3-5-22-27-24(28-29(21)22)26-20-12-10-18(11-13-20)23(30)25-19-14-15-19/h3-13,19H,2,14-15H2,1H3,(H,25,30)(H,26,28). The maximum absolute atomic E-state index is 12.1. The summed E-state index contributed by atoms with van der Waals surface area (Å²) in [6.07, 6.45) is 3.17. The van der Waals surface area contributed by atoms with Crippen LogP contribution in [0.15, 0.2) is 66.7 Å². The van der Waals surface area contributed by atoms with Crippen molar-refractivity contribution in [2.24, 2.45) is 0 Å². The van der Waals surface area contributed by atoms with Gasteiger partial charge in [0.25, 0.3) is 5.91 Å². The Bertz CT molecular complexity index is 1190. The Morgan fingerprint density at radius 3 is 2.50 bits per heavy atom. The number of aromatic nitrogens is 3. The first-order valence-corrected chi connectivity index (χ1v) is 10.3. The third-order valence-corrected chi connectivity index (χ3v) is 5.33. The first-order valence-electron chi connectivity index (χ1n) is 10.3. The Kier molecular flexibility index (Phi) is 4.67. The molecule has 0 spiro atoms. The van der Waals surface area contributed by atoms with Crippen LogP contribution >= 0.6 is 0 Å². The normalized spacial score (nSPS) is 13.4. The largest absolute Gasteiger partial charge is 0.349 e. The summed E-state index contributed by atoms with van der Waals surface area (Å²) in [6, 6.07) is 22.2. The summed E-state index contributed by atoms with van der Waals surface area (Å²) in [5, 5.41) is 10.9. The number of nitrogens with zero attached hydrogens (tertiary/aromatic N) is 3. The lowest BCUT2D eigenvalue weighted by molar-refractivity contribution is 0.0951. The van der Waals surface area contributed by atoms with Gasteiger partial charge in [-0.3, -0.25) is 4.79 Å². The summed E-state index contributed by atoms with van der Waals surface area (Å²) in [4.78, 5) is 16.7. The average molecular weight is 397 g/mol.